The molecule has 0 aliphatic heterocycles. The van der Waals surface area contributed by atoms with Crippen molar-refractivity contribution in [1.82, 2.24) is 0 Å². The Balaban J connectivity index is 1.84. The van der Waals surface area contributed by atoms with Crippen LogP contribution in [0.3, 0.4) is 0 Å². The summed E-state index contributed by atoms with van der Waals surface area (Å²) in [5, 5.41) is 3.70. The van der Waals surface area contributed by atoms with E-state index >= 15 is 0 Å². The summed E-state index contributed by atoms with van der Waals surface area (Å²) < 4.78 is 5.40. The van der Waals surface area contributed by atoms with E-state index in [4.69, 9.17) is 27.9 Å². The van der Waals surface area contributed by atoms with Crippen LogP contribution >= 0.6 is 23.2 Å². The van der Waals surface area contributed by atoms with E-state index < -0.39 is 0 Å². The monoisotopic (exact) mass is 351 g/mol. The molecule has 0 atom stereocenters. The van der Waals surface area contributed by atoms with E-state index in [0.717, 1.165) is 12.1 Å². The Bertz CT molecular complexity index is 657. The number of nitrogens with one attached hydrogen (secondary N) is 1. The number of hydrogen-bond acceptors (Lipinski definition) is 2. The predicted octanol–water partition coefficient (Wildman–Crippen LogP) is 5.35. The van der Waals surface area contributed by atoms with Crippen molar-refractivity contribution in [3.8, 4) is 5.75 Å². The molecule has 5 heteroatoms. The number of hydrogen-bond donors (Lipinski definition) is 1. The molecule has 0 saturated heterocycles. The van der Waals surface area contributed by atoms with E-state index in [1.165, 1.54) is 18.4 Å². The van der Waals surface area contributed by atoms with Gasteiger partial charge in [0.25, 0.3) is 5.91 Å². The van der Waals surface area contributed by atoms with Gasteiger partial charge in [-0.15, -0.1) is 0 Å². The fourth-order valence-corrected chi connectivity index (χ4v) is 2.53. The Labute approximate surface area is 146 Å². The molecule has 0 unspecified atom stereocenters. The summed E-state index contributed by atoms with van der Waals surface area (Å²) in [7, 11) is 0. The van der Waals surface area contributed by atoms with Gasteiger partial charge in [0.05, 0.1) is 5.02 Å². The number of halogens is 2. The maximum Gasteiger partial charge on any atom is 0.262 e. The molecule has 0 bridgehead atoms. The number of rotatable bonds is 7. The Morgan fingerprint density at radius 1 is 1.13 bits per heavy atom. The highest BCUT2D eigenvalue weighted by Gasteiger charge is 2.07. The largest absolute Gasteiger partial charge is 0.482 e. The van der Waals surface area contributed by atoms with Crippen molar-refractivity contribution >= 4 is 34.8 Å². The third kappa shape index (κ3) is 5.77. The first-order chi connectivity index (χ1) is 11.1. The number of carbonyl (C=O) groups excluding carboxylic acids is 1. The third-order valence-corrected chi connectivity index (χ3v) is 3.84. The SMILES string of the molecule is CCCCc1ccc(NC(=O)COc2ccc(Cl)cc2Cl)cc1. The molecule has 2 aromatic rings. The molecule has 1 N–H and O–H groups in total. The van der Waals surface area contributed by atoms with E-state index in [9.17, 15) is 4.79 Å². The van der Waals surface area contributed by atoms with Crippen molar-refractivity contribution in [3.63, 3.8) is 0 Å². The Hall–Kier alpha value is -1.71. The minimum absolute atomic E-state index is 0.112. The van der Waals surface area contributed by atoms with Gasteiger partial charge in [0.1, 0.15) is 5.75 Å². The first-order valence-electron chi connectivity index (χ1n) is 7.55. The summed E-state index contributed by atoms with van der Waals surface area (Å²) in [6, 6.07) is 12.7. The number of aryl methyl sites for hydroxylation is 1. The summed E-state index contributed by atoms with van der Waals surface area (Å²) >= 11 is 11.8. The fourth-order valence-electron chi connectivity index (χ4n) is 2.07. The highest BCUT2D eigenvalue weighted by Crippen LogP contribution is 2.27. The van der Waals surface area contributed by atoms with Crippen LogP contribution in [0.1, 0.15) is 25.3 Å². The summed E-state index contributed by atoms with van der Waals surface area (Å²) in [4.78, 5) is 11.9. The van der Waals surface area contributed by atoms with Crippen molar-refractivity contribution in [2.24, 2.45) is 0 Å². The molecule has 0 aliphatic carbocycles. The molecule has 0 saturated carbocycles. The first-order valence-corrected chi connectivity index (χ1v) is 8.30. The summed E-state index contributed by atoms with van der Waals surface area (Å²) in [6.45, 7) is 2.06. The molecule has 0 radical (unpaired) electrons. The van der Waals surface area contributed by atoms with Crippen molar-refractivity contribution in [2.75, 3.05) is 11.9 Å². The number of carbonyl (C=O) groups is 1. The smallest absolute Gasteiger partial charge is 0.262 e. The van der Waals surface area contributed by atoms with Crippen molar-refractivity contribution in [3.05, 3.63) is 58.1 Å². The highest BCUT2D eigenvalue weighted by atomic mass is 35.5. The molecule has 0 spiro atoms. The maximum atomic E-state index is 11.9. The van der Waals surface area contributed by atoms with Gasteiger partial charge in [0, 0.05) is 10.7 Å². The Morgan fingerprint density at radius 3 is 2.52 bits per heavy atom. The minimum Gasteiger partial charge on any atom is -0.482 e. The number of unbranched alkanes of at least 4 members (excludes halogenated alkanes) is 1. The normalized spacial score (nSPS) is 10.4. The average Bonchev–Trinajstić information content (AvgIpc) is 2.53. The molecule has 122 valence electrons. The standard InChI is InChI=1S/C18H19Cl2NO2/c1-2-3-4-13-5-8-15(9-6-13)21-18(22)12-23-17-10-7-14(19)11-16(17)20/h5-11H,2-4,12H2,1H3,(H,21,22). The lowest BCUT2D eigenvalue weighted by atomic mass is 10.1. The van der Waals surface area contributed by atoms with Gasteiger partial charge in [-0.3, -0.25) is 4.79 Å². The lowest BCUT2D eigenvalue weighted by Crippen LogP contribution is -2.20. The molecule has 0 fully saturated rings. The van der Waals surface area contributed by atoms with Crippen LogP contribution in [0, 0.1) is 0 Å². The van der Waals surface area contributed by atoms with Crippen LogP contribution < -0.4 is 10.1 Å². The van der Waals surface area contributed by atoms with Crippen LogP contribution in [-0.4, -0.2) is 12.5 Å². The van der Waals surface area contributed by atoms with Gasteiger partial charge in [0.15, 0.2) is 6.61 Å². The van der Waals surface area contributed by atoms with Crippen LogP contribution in [0.5, 0.6) is 5.75 Å². The van der Waals surface area contributed by atoms with Crippen molar-refractivity contribution in [2.45, 2.75) is 26.2 Å². The zero-order valence-corrected chi connectivity index (χ0v) is 14.5. The van der Waals surface area contributed by atoms with E-state index in [1.54, 1.807) is 18.2 Å². The summed E-state index contributed by atoms with van der Waals surface area (Å²) in [5.74, 6) is 0.193. The molecule has 1 amide bonds. The molecule has 2 rings (SSSR count). The lowest BCUT2D eigenvalue weighted by Gasteiger charge is -2.09. The third-order valence-electron chi connectivity index (χ3n) is 3.31. The van der Waals surface area contributed by atoms with E-state index in [2.05, 4.69) is 12.2 Å². The van der Waals surface area contributed by atoms with Gasteiger partial charge in [-0.25, -0.2) is 0 Å². The highest BCUT2D eigenvalue weighted by molar-refractivity contribution is 6.35. The Kier molecular flexibility index (Phi) is 6.75. The van der Waals surface area contributed by atoms with Crippen LogP contribution in [0.15, 0.2) is 42.5 Å². The second-order valence-corrected chi connectivity index (χ2v) is 6.06. The molecule has 2 aromatic carbocycles. The zero-order valence-electron chi connectivity index (χ0n) is 12.9. The van der Waals surface area contributed by atoms with Crippen molar-refractivity contribution in [1.29, 1.82) is 0 Å². The number of ether oxygens (including phenoxy) is 1. The number of benzene rings is 2. The molecular weight excluding hydrogens is 333 g/mol. The molecule has 0 heterocycles. The second kappa shape index (κ2) is 8.80. The van der Waals surface area contributed by atoms with Crippen LogP contribution in [-0.2, 0) is 11.2 Å². The summed E-state index contributed by atoms with van der Waals surface area (Å²) in [6.07, 6.45) is 3.40. The van der Waals surface area contributed by atoms with Crippen molar-refractivity contribution < 1.29 is 9.53 Å². The fraction of sp³-hybridized carbons (Fsp3) is 0.278. The minimum atomic E-state index is -0.239. The molecule has 23 heavy (non-hydrogen) atoms. The quantitative estimate of drug-likeness (QED) is 0.729. The van der Waals surface area contributed by atoms with Gasteiger partial charge in [-0.1, -0.05) is 48.7 Å². The maximum absolute atomic E-state index is 11.9. The van der Waals surface area contributed by atoms with Crippen LogP contribution in [0.4, 0.5) is 5.69 Å². The molecule has 0 aliphatic rings. The Morgan fingerprint density at radius 2 is 1.87 bits per heavy atom. The van der Waals surface area contributed by atoms with E-state index in [-0.39, 0.29) is 12.5 Å². The van der Waals surface area contributed by atoms with Crippen LogP contribution in [0.2, 0.25) is 10.0 Å². The topological polar surface area (TPSA) is 38.3 Å². The van der Waals surface area contributed by atoms with Crippen LogP contribution in [0.25, 0.3) is 0 Å². The first kappa shape index (κ1) is 17.6. The van der Waals surface area contributed by atoms with E-state index in [0.29, 0.717) is 15.8 Å². The lowest BCUT2D eigenvalue weighted by molar-refractivity contribution is -0.118. The van der Waals surface area contributed by atoms with E-state index in [1.807, 2.05) is 24.3 Å². The second-order valence-electron chi connectivity index (χ2n) is 5.21. The van der Waals surface area contributed by atoms with Gasteiger partial charge in [0.2, 0.25) is 0 Å². The van der Waals surface area contributed by atoms with Gasteiger partial charge in [-0.05, 0) is 48.7 Å². The van der Waals surface area contributed by atoms with Gasteiger partial charge in [-0.2, -0.15) is 0 Å². The number of anilines is 1. The average molecular weight is 352 g/mol. The summed E-state index contributed by atoms with van der Waals surface area (Å²) in [5.41, 5.74) is 2.02. The predicted molar refractivity (Wildman–Crippen MR) is 95.6 cm³/mol. The number of amides is 1. The zero-order chi connectivity index (χ0) is 16.7. The molecule has 0 aromatic heterocycles. The molecule has 3 nitrogen and oxygen atoms in total. The van der Waals surface area contributed by atoms with Gasteiger partial charge < -0.3 is 10.1 Å². The van der Waals surface area contributed by atoms with Gasteiger partial charge >= 0.3 is 0 Å². The molecular formula is C18H19Cl2NO2.